The van der Waals surface area contributed by atoms with Crippen LogP contribution in [-0.4, -0.2) is 37.9 Å². The Balaban J connectivity index is 2.11. The van der Waals surface area contributed by atoms with Gasteiger partial charge in [-0.15, -0.1) is 0 Å². The van der Waals surface area contributed by atoms with Crippen molar-refractivity contribution in [2.45, 2.75) is 11.3 Å². The van der Waals surface area contributed by atoms with Gasteiger partial charge >= 0.3 is 0 Å². The predicted octanol–water partition coefficient (Wildman–Crippen LogP) is 3.73. The number of aromatic nitrogens is 1. The summed E-state index contributed by atoms with van der Waals surface area (Å²) in [4.78, 5) is 2.50. The average Bonchev–Trinajstić information content (AvgIpc) is 2.97. The second-order valence-electron chi connectivity index (χ2n) is 6.31. The fraction of sp³-hybridized carbons (Fsp3) is 0.222. The second kappa shape index (κ2) is 5.44. The van der Waals surface area contributed by atoms with Crippen LogP contribution in [-0.2, 0) is 16.4 Å². The number of halogens is 1. The van der Waals surface area contributed by atoms with E-state index in [0.717, 1.165) is 45.2 Å². The summed E-state index contributed by atoms with van der Waals surface area (Å²) in [6.07, 6.45) is 0.803. The molecule has 4 rings (SSSR count). The summed E-state index contributed by atoms with van der Waals surface area (Å²) in [6, 6.07) is 13.1. The lowest BCUT2D eigenvalue weighted by Gasteiger charge is -2.10. The van der Waals surface area contributed by atoms with Gasteiger partial charge in [0.15, 0.2) is 0 Å². The van der Waals surface area contributed by atoms with Crippen molar-refractivity contribution >= 4 is 36.9 Å². The largest absolute Gasteiger partial charge is 0.309 e. The van der Waals surface area contributed by atoms with E-state index in [9.17, 15) is 8.42 Å². The number of nitrogens with zero attached hydrogens (tertiary/aromatic N) is 2. The molecule has 24 heavy (non-hydrogen) atoms. The van der Waals surface area contributed by atoms with Gasteiger partial charge in [0.05, 0.1) is 16.1 Å². The van der Waals surface area contributed by atoms with Gasteiger partial charge in [0, 0.05) is 22.0 Å². The summed E-state index contributed by atoms with van der Waals surface area (Å²) < 4.78 is 28.6. The molecular weight excluding hydrogens is 388 g/mol. The standard InChI is InChI=1S/C18H17BrN2O2S/c1-20(2)10-9-14-13-5-3-4-6-16(13)21-18(14)15-11-12(19)7-8-17(15)24(21,22)23/h3-8,11H,9-10H2,1-2H3. The van der Waals surface area contributed by atoms with Gasteiger partial charge in [0.2, 0.25) is 0 Å². The number of likely N-dealkylation sites (N-methyl/N-ethyl adjacent to an activating group) is 1. The molecule has 0 N–H and O–H groups in total. The zero-order chi connectivity index (χ0) is 17.1. The Kier molecular flexibility index (Phi) is 3.60. The number of rotatable bonds is 3. The van der Waals surface area contributed by atoms with E-state index in [2.05, 4.69) is 20.8 Å². The lowest BCUT2D eigenvalue weighted by molar-refractivity contribution is 0.414. The lowest BCUT2D eigenvalue weighted by Crippen LogP contribution is -2.15. The van der Waals surface area contributed by atoms with Crippen LogP contribution in [0.25, 0.3) is 22.2 Å². The monoisotopic (exact) mass is 404 g/mol. The normalized spacial score (nSPS) is 15.0. The van der Waals surface area contributed by atoms with Crippen molar-refractivity contribution in [2.75, 3.05) is 20.6 Å². The SMILES string of the molecule is CN(C)CCc1c2n(c3ccccc13)S(=O)(=O)c1ccc(Br)cc1-2. The van der Waals surface area contributed by atoms with Gasteiger partial charge < -0.3 is 4.90 Å². The Morgan fingerprint density at radius 3 is 2.62 bits per heavy atom. The third kappa shape index (κ3) is 2.17. The molecule has 1 aliphatic heterocycles. The second-order valence-corrected chi connectivity index (χ2v) is 8.98. The molecule has 1 aromatic heterocycles. The number of para-hydroxylation sites is 1. The third-order valence-corrected chi connectivity index (χ3v) is 6.73. The van der Waals surface area contributed by atoms with E-state index in [1.165, 1.54) is 3.97 Å². The topological polar surface area (TPSA) is 42.3 Å². The first-order chi connectivity index (χ1) is 11.4. The van der Waals surface area contributed by atoms with Crippen molar-refractivity contribution in [3.8, 4) is 11.3 Å². The van der Waals surface area contributed by atoms with E-state index in [0.29, 0.717) is 4.90 Å². The molecule has 0 fully saturated rings. The number of fused-ring (bicyclic) bond motifs is 5. The average molecular weight is 405 g/mol. The Labute approximate surface area is 149 Å². The highest BCUT2D eigenvalue weighted by molar-refractivity contribution is 9.10. The fourth-order valence-corrected chi connectivity index (χ4v) is 5.50. The molecule has 0 unspecified atom stereocenters. The van der Waals surface area contributed by atoms with Gasteiger partial charge in [0.25, 0.3) is 10.0 Å². The summed E-state index contributed by atoms with van der Waals surface area (Å²) in [5.41, 5.74) is 3.46. The van der Waals surface area contributed by atoms with E-state index in [4.69, 9.17) is 0 Å². The van der Waals surface area contributed by atoms with Crippen LogP contribution in [0.15, 0.2) is 51.8 Å². The van der Waals surface area contributed by atoms with Crippen molar-refractivity contribution in [1.82, 2.24) is 8.87 Å². The summed E-state index contributed by atoms with van der Waals surface area (Å²) in [5.74, 6) is 0. The molecule has 0 aliphatic carbocycles. The van der Waals surface area contributed by atoms with Crippen LogP contribution in [0.4, 0.5) is 0 Å². The van der Waals surface area contributed by atoms with E-state index in [1.807, 2.05) is 44.4 Å². The Morgan fingerprint density at radius 2 is 1.88 bits per heavy atom. The van der Waals surface area contributed by atoms with Crippen molar-refractivity contribution in [3.63, 3.8) is 0 Å². The predicted molar refractivity (Wildman–Crippen MR) is 99.9 cm³/mol. The summed E-state index contributed by atoms with van der Waals surface area (Å²) >= 11 is 3.47. The Hall–Kier alpha value is -1.63. The quantitative estimate of drug-likeness (QED) is 0.522. The molecule has 0 spiro atoms. The van der Waals surface area contributed by atoms with Gasteiger partial charge in [0.1, 0.15) is 0 Å². The molecule has 4 nitrogen and oxygen atoms in total. The highest BCUT2D eigenvalue weighted by Crippen LogP contribution is 2.45. The van der Waals surface area contributed by atoms with Crippen LogP contribution < -0.4 is 0 Å². The van der Waals surface area contributed by atoms with Gasteiger partial charge in [-0.1, -0.05) is 34.1 Å². The Bertz CT molecular complexity index is 1070. The fourth-order valence-electron chi connectivity index (χ4n) is 3.40. The zero-order valence-corrected chi connectivity index (χ0v) is 15.9. The van der Waals surface area contributed by atoms with E-state index in [-0.39, 0.29) is 0 Å². The minimum absolute atomic E-state index is 0.387. The van der Waals surface area contributed by atoms with Crippen LogP contribution >= 0.6 is 15.9 Å². The lowest BCUT2D eigenvalue weighted by atomic mass is 10.0. The third-order valence-electron chi connectivity index (χ3n) is 4.46. The maximum absolute atomic E-state index is 13.1. The maximum atomic E-state index is 13.1. The van der Waals surface area contributed by atoms with Gasteiger partial charge in [-0.25, -0.2) is 12.4 Å². The minimum atomic E-state index is -3.54. The molecule has 0 radical (unpaired) electrons. The molecule has 3 aromatic rings. The molecule has 124 valence electrons. The van der Waals surface area contributed by atoms with E-state index in [1.54, 1.807) is 12.1 Å². The van der Waals surface area contributed by atoms with Crippen LogP contribution in [0.1, 0.15) is 5.56 Å². The molecule has 0 amide bonds. The van der Waals surface area contributed by atoms with Gasteiger partial charge in [-0.2, -0.15) is 0 Å². The number of hydrogen-bond donors (Lipinski definition) is 0. The molecule has 0 saturated carbocycles. The molecule has 0 bridgehead atoms. The highest BCUT2D eigenvalue weighted by Gasteiger charge is 2.36. The van der Waals surface area contributed by atoms with Crippen LogP contribution in [0, 0.1) is 0 Å². The maximum Gasteiger partial charge on any atom is 0.269 e. The minimum Gasteiger partial charge on any atom is -0.309 e. The van der Waals surface area contributed by atoms with Crippen LogP contribution in [0.2, 0.25) is 0 Å². The number of hydrogen-bond acceptors (Lipinski definition) is 3. The summed E-state index contributed by atoms with van der Waals surface area (Å²) in [6.45, 7) is 0.865. The van der Waals surface area contributed by atoms with E-state index < -0.39 is 10.0 Å². The molecule has 2 heterocycles. The molecule has 0 atom stereocenters. The zero-order valence-electron chi connectivity index (χ0n) is 13.5. The summed E-state index contributed by atoms with van der Waals surface area (Å²) in [5, 5.41) is 1.02. The van der Waals surface area contributed by atoms with Crippen molar-refractivity contribution in [1.29, 1.82) is 0 Å². The van der Waals surface area contributed by atoms with E-state index >= 15 is 0 Å². The van der Waals surface area contributed by atoms with Crippen molar-refractivity contribution < 1.29 is 8.42 Å². The molecule has 1 aliphatic rings. The molecule has 2 aromatic carbocycles. The van der Waals surface area contributed by atoms with Crippen LogP contribution in [0.5, 0.6) is 0 Å². The van der Waals surface area contributed by atoms with Crippen molar-refractivity contribution in [3.05, 3.63) is 52.5 Å². The first-order valence-electron chi connectivity index (χ1n) is 7.74. The molecule has 0 saturated heterocycles. The first kappa shape index (κ1) is 15.9. The molecule has 6 heteroatoms. The highest BCUT2D eigenvalue weighted by atomic mass is 79.9. The van der Waals surface area contributed by atoms with Crippen LogP contribution in [0.3, 0.4) is 0 Å². The van der Waals surface area contributed by atoms with Gasteiger partial charge in [-0.3, -0.25) is 0 Å². The first-order valence-corrected chi connectivity index (χ1v) is 9.97. The smallest absolute Gasteiger partial charge is 0.269 e. The summed E-state index contributed by atoms with van der Waals surface area (Å²) in [7, 11) is 0.511. The van der Waals surface area contributed by atoms with Crippen molar-refractivity contribution in [2.24, 2.45) is 0 Å². The van der Waals surface area contributed by atoms with Gasteiger partial charge in [-0.05, 0) is 50.3 Å². The number of benzene rings is 2. The molecular formula is C18H17BrN2O2S. The Morgan fingerprint density at radius 1 is 1.12 bits per heavy atom.